The maximum absolute atomic E-state index is 10.7. The molecule has 7 atom stereocenters. The van der Waals surface area contributed by atoms with E-state index in [0.29, 0.717) is 23.7 Å². The summed E-state index contributed by atoms with van der Waals surface area (Å²) in [5, 5.41) is 10.7. The van der Waals surface area contributed by atoms with Gasteiger partial charge in [0, 0.05) is 6.04 Å². The molecule has 0 aliphatic heterocycles. The normalized spacial score (nSPS) is 46.8. The second-order valence-corrected chi connectivity index (χ2v) is 8.46. The molecule has 0 amide bonds. The van der Waals surface area contributed by atoms with E-state index in [9.17, 15) is 5.11 Å². The second-order valence-electron chi connectivity index (χ2n) is 8.46. The Balaban J connectivity index is 1.74. The summed E-state index contributed by atoms with van der Waals surface area (Å²) in [6.07, 6.45) is 4.47. The minimum absolute atomic E-state index is 0.0300. The molecule has 22 heavy (non-hydrogen) atoms. The summed E-state index contributed by atoms with van der Waals surface area (Å²) in [6.45, 7) is 6.77. The van der Waals surface area contributed by atoms with Crippen molar-refractivity contribution < 1.29 is 5.11 Å². The molecule has 3 aliphatic carbocycles. The van der Waals surface area contributed by atoms with Crippen LogP contribution in [-0.2, 0) is 6.42 Å². The lowest BCUT2D eigenvalue weighted by molar-refractivity contribution is -0.0304. The molecule has 0 heterocycles. The van der Waals surface area contributed by atoms with Crippen LogP contribution in [0.2, 0.25) is 0 Å². The zero-order valence-electron chi connectivity index (χ0n) is 14.0. The van der Waals surface area contributed by atoms with Crippen LogP contribution in [0.4, 0.5) is 0 Å². The van der Waals surface area contributed by atoms with Gasteiger partial charge >= 0.3 is 0 Å². The van der Waals surface area contributed by atoms with Crippen LogP contribution in [0.25, 0.3) is 0 Å². The van der Waals surface area contributed by atoms with Crippen LogP contribution in [0.3, 0.4) is 0 Å². The number of hydrogen-bond acceptors (Lipinski definition) is 2. The minimum atomic E-state index is -0.326. The van der Waals surface area contributed by atoms with Gasteiger partial charge in [-0.2, -0.15) is 0 Å². The van der Waals surface area contributed by atoms with Crippen molar-refractivity contribution in [1.82, 2.24) is 0 Å². The highest BCUT2D eigenvalue weighted by Crippen LogP contribution is 2.62. The lowest BCUT2D eigenvalue weighted by atomic mass is 9.54. The molecule has 0 saturated heterocycles. The highest BCUT2D eigenvalue weighted by Gasteiger charge is 2.60. The van der Waals surface area contributed by atoms with Crippen LogP contribution >= 0.6 is 0 Å². The lowest BCUT2D eigenvalue weighted by Crippen LogP contribution is -2.45. The SMILES string of the molecule is Cc1ccc2c(c1)CCC1C2CC[C@@]2(C)[C@H]1[C@H](C)C(N)[C@@H]2O. The van der Waals surface area contributed by atoms with Crippen molar-refractivity contribution >= 4 is 0 Å². The molecule has 2 nitrogen and oxygen atoms in total. The van der Waals surface area contributed by atoms with Gasteiger partial charge < -0.3 is 10.8 Å². The molecule has 0 spiro atoms. The van der Waals surface area contributed by atoms with Crippen molar-refractivity contribution in [3.8, 4) is 0 Å². The molecule has 3 aliphatic rings. The van der Waals surface area contributed by atoms with E-state index in [4.69, 9.17) is 5.73 Å². The Morgan fingerprint density at radius 1 is 1.27 bits per heavy atom. The smallest absolute Gasteiger partial charge is 0.0750 e. The number of fused-ring (bicyclic) bond motifs is 5. The zero-order chi connectivity index (χ0) is 15.6. The van der Waals surface area contributed by atoms with Crippen LogP contribution in [0.1, 0.15) is 55.7 Å². The number of aliphatic hydroxyl groups excluding tert-OH is 1. The third kappa shape index (κ3) is 1.80. The molecule has 3 unspecified atom stereocenters. The summed E-state index contributed by atoms with van der Waals surface area (Å²) >= 11 is 0. The van der Waals surface area contributed by atoms with Crippen molar-refractivity contribution in [3.05, 3.63) is 34.9 Å². The summed E-state index contributed by atoms with van der Waals surface area (Å²) in [5.74, 6) is 2.39. The van der Waals surface area contributed by atoms with Crippen LogP contribution in [0, 0.1) is 30.1 Å². The molecule has 120 valence electrons. The molecule has 2 saturated carbocycles. The van der Waals surface area contributed by atoms with E-state index < -0.39 is 0 Å². The predicted molar refractivity (Wildman–Crippen MR) is 89.7 cm³/mol. The molecule has 1 aromatic carbocycles. The topological polar surface area (TPSA) is 46.2 Å². The number of hydrogen-bond donors (Lipinski definition) is 2. The Morgan fingerprint density at radius 2 is 2.05 bits per heavy atom. The average molecular weight is 299 g/mol. The van der Waals surface area contributed by atoms with E-state index in [0.717, 1.165) is 6.42 Å². The highest BCUT2D eigenvalue weighted by molar-refractivity contribution is 5.38. The Kier molecular flexibility index (Phi) is 3.22. The number of rotatable bonds is 0. The number of nitrogens with two attached hydrogens (primary N) is 1. The first-order valence-corrected chi connectivity index (χ1v) is 8.96. The van der Waals surface area contributed by atoms with Gasteiger partial charge in [-0.3, -0.25) is 0 Å². The summed E-state index contributed by atoms with van der Waals surface area (Å²) in [6, 6.07) is 6.99. The van der Waals surface area contributed by atoms with Crippen LogP contribution in [0.5, 0.6) is 0 Å². The van der Waals surface area contributed by atoms with Gasteiger partial charge in [-0.25, -0.2) is 0 Å². The average Bonchev–Trinajstić information content (AvgIpc) is 2.68. The molecule has 2 heteroatoms. The van der Waals surface area contributed by atoms with Gasteiger partial charge in [-0.15, -0.1) is 0 Å². The molecule has 0 bridgehead atoms. The Bertz CT molecular complexity index is 597. The van der Waals surface area contributed by atoms with Gasteiger partial charge in [0.05, 0.1) is 6.10 Å². The summed E-state index contributed by atoms with van der Waals surface area (Å²) < 4.78 is 0. The maximum atomic E-state index is 10.7. The van der Waals surface area contributed by atoms with Crippen molar-refractivity contribution in [2.45, 2.75) is 64.5 Å². The van der Waals surface area contributed by atoms with Crippen molar-refractivity contribution in [3.63, 3.8) is 0 Å². The number of aryl methyl sites for hydroxylation is 2. The maximum Gasteiger partial charge on any atom is 0.0750 e. The van der Waals surface area contributed by atoms with Crippen LogP contribution < -0.4 is 5.73 Å². The van der Waals surface area contributed by atoms with E-state index in [1.807, 2.05) is 0 Å². The lowest BCUT2D eigenvalue weighted by Gasteiger charge is -2.51. The first kappa shape index (κ1) is 14.7. The Hall–Kier alpha value is -0.860. The minimum Gasteiger partial charge on any atom is -0.391 e. The van der Waals surface area contributed by atoms with Gasteiger partial charge in [-0.1, -0.05) is 37.6 Å². The van der Waals surface area contributed by atoms with E-state index in [1.54, 1.807) is 11.1 Å². The zero-order valence-corrected chi connectivity index (χ0v) is 14.0. The second kappa shape index (κ2) is 4.82. The predicted octanol–water partition coefficient (Wildman–Crippen LogP) is 3.40. The van der Waals surface area contributed by atoms with Gasteiger partial charge in [0.1, 0.15) is 0 Å². The monoisotopic (exact) mass is 299 g/mol. The number of aliphatic hydroxyl groups is 1. The summed E-state index contributed by atoms with van der Waals surface area (Å²) in [7, 11) is 0. The Labute approximate surface area is 134 Å². The van der Waals surface area contributed by atoms with E-state index in [-0.39, 0.29) is 17.6 Å². The fourth-order valence-corrected chi connectivity index (χ4v) is 6.29. The van der Waals surface area contributed by atoms with Crippen molar-refractivity contribution in [2.75, 3.05) is 0 Å². The van der Waals surface area contributed by atoms with E-state index in [2.05, 4.69) is 39.0 Å². The highest BCUT2D eigenvalue weighted by atomic mass is 16.3. The first-order valence-electron chi connectivity index (χ1n) is 8.96. The first-order chi connectivity index (χ1) is 10.4. The van der Waals surface area contributed by atoms with E-state index in [1.165, 1.54) is 24.8 Å². The molecule has 3 N–H and O–H groups in total. The van der Waals surface area contributed by atoms with Gasteiger partial charge in [0.25, 0.3) is 0 Å². The third-order valence-corrected chi connectivity index (χ3v) is 7.39. The van der Waals surface area contributed by atoms with Gasteiger partial charge in [0.15, 0.2) is 0 Å². The standard InChI is InChI=1S/C20H29NO/c1-11-4-6-14-13(10-11)5-7-16-15(14)8-9-20(3)17(16)12(2)18(21)19(20)22/h4,6,10,12,15-19,22H,5,7-9,21H2,1-3H3/t12-,15?,16?,17-,18?,19-,20-/m0/s1. The Morgan fingerprint density at radius 3 is 2.82 bits per heavy atom. The van der Waals surface area contributed by atoms with Gasteiger partial charge in [0.2, 0.25) is 0 Å². The van der Waals surface area contributed by atoms with Crippen LogP contribution in [0.15, 0.2) is 18.2 Å². The number of benzene rings is 1. The fourth-order valence-electron chi connectivity index (χ4n) is 6.29. The molecule has 4 rings (SSSR count). The van der Waals surface area contributed by atoms with E-state index >= 15 is 0 Å². The van der Waals surface area contributed by atoms with Crippen molar-refractivity contribution in [2.24, 2.45) is 28.9 Å². The quantitative estimate of drug-likeness (QED) is 0.771. The molecule has 0 radical (unpaired) electrons. The fraction of sp³-hybridized carbons (Fsp3) is 0.700. The molecule has 2 fully saturated rings. The largest absolute Gasteiger partial charge is 0.391 e. The molecule has 1 aromatic rings. The van der Waals surface area contributed by atoms with Crippen molar-refractivity contribution in [1.29, 1.82) is 0 Å². The summed E-state index contributed by atoms with van der Waals surface area (Å²) in [4.78, 5) is 0. The van der Waals surface area contributed by atoms with Gasteiger partial charge in [-0.05, 0) is 72.8 Å². The molecular weight excluding hydrogens is 270 g/mol. The third-order valence-electron chi connectivity index (χ3n) is 7.39. The molecule has 0 aromatic heterocycles. The molecular formula is C20H29NO. The summed E-state index contributed by atoms with van der Waals surface area (Å²) in [5.41, 5.74) is 10.9. The van der Waals surface area contributed by atoms with Crippen LogP contribution in [-0.4, -0.2) is 17.3 Å².